The van der Waals surface area contributed by atoms with Crippen LogP contribution in [0.5, 0.6) is 0 Å². The van der Waals surface area contributed by atoms with Crippen molar-refractivity contribution in [1.82, 2.24) is 4.72 Å². The number of nitrogens with one attached hydrogen (secondary N) is 1. The predicted octanol–water partition coefficient (Wildman–Crippen LogP) is 2.26. The van der Waals surface area contributed by atoms with Crippen LogP contribution in [0, 0.1) is 13.8 Å². The van der Waals surface area contributed by atoms with Gasteiger partial charge in [0.05, 0.1) is 4.90 Å². The molecule has 1 N–H and O–H groups in total. The van der Waals surface area contributed by atoms with E-state index in [4.69, 9.17) is 11.6 Å². The Morgan fingerprint density at radius 3 is 2.13 bits per heavy atom. The third-order valence-electron chi connectivity index (χ3n) is 2.05. The molecule has 0 saturated heterocycles. The van der Waals surface area contributed by atoms with Crippen LogP contribution in [0.4, 0.5) is 0 Å². The Morgan fingerprint density at radius 1 is 1.27 bits per heavy atom. The standard InChI is InChI=1S/C10H14ClNO2S/c1-4-12-15(13,14)9-5-7(2)10(11)8(3)6-9/h5-6,12H,4H2,1-3H3. The molecule has 0 heterocycles. The van der Waals surface area contributed by atoms with Gasteiger partial charge in [0.25, 0.3) is 0 Å². The second-order valence-corrected chi connectivity index (χ2v) is 5.52. The van der Waals surface area contributed by atoms with E-state index >= 15 is 0 Å². The fourth-order valence-corrected chi connectivity index (χ4v) is 2.65. The van der Waals surface area contributed by atoms with Crippen LogP contribution in [-0.4, -0.2) is 15.0 Å². The van der Waals surface area contributed by atoms with Gasteiger partial charge in [-0.2, -0.15) is 0 Å². The highest BCUT2D eigenvalue weighted by Gasteiger charge is 2.14. The Balaban J connectivity index is 3.29. The molecule has 15 heavy (non-hydrogen) atoms. The minimum absolute atomic E-state index is 0.267. The molecule has 0 aliphatic carbocycles. The van der Waals surface area contributed by atoms with E-state index < -0.39 is 10.0 Å². The summed E-state index contributed by atoms with van der Waals surface area (Å²) >= 11 is 5.96. The van der Waals surface area contributed by atoms with Gasteiger partial charge in [-0.15, -0.1) is 0 Å². The van der Waals surface area contributed by atoms with E-state index in [0.717, 1.165) is 11.1 Å². The third-order valence-corrected chi connectivity index (χ3v) is 4.18. The van der Waals surface area contributed by atoms with Crippen molar-refractivity contribution in [3.8, 4) is 0 Å². The second-order valence-electron chi connectivity index (χ2n) is 3.37. The van der Waals surface area contributed by atoms with E-state index in [9.17, 15) is 8.42 Å². The second kappa shape index (κ2) is 4.51. The number of halogens is 1. The zero-order valence-corrected chi connectivity index (χ0v) is 10.5. The van der Waals surface area contributed by atoms with E-state index in [2.05, 4.69) is 4.72 Å². The molecule has 1 aromatic rings. The Kier molecular flexibility index (Phi) is 3.76. The van der Waals surface area contributed by atoms with Crippen molar-refractivity contribution in [1.29, 1.82) is 0 Å². The normalized spacial score (nSPS) is 11.7. The van der Waals surface area contributed by atoms with Gasteiger partial charge in [-0.05, 0) is 37.1 Å². The van der Waals surface area contributed by atoms with Crippen LogP contribution in [0.2, 0.25) is 5.02 Å². The Morgan fingerprint density at radius 2 is 1.73 bits per heavy atom. The van der Waals surface area contributed by atoms with Gasteiger partial charge < -0.3 is 0 Å². The zero-order valence-electron chi connectivity index (χ0n) is 8.96. The topological polar surface area (TPSA) is 46.2 Å². The summed E-state index contributed by atoms with van der Waals surface area (Å²) in [6, 6.07) is 3.15. The fourth-order valence-electron chi connectivity index (χ4n) is 1.33. The minimum atomic E-state index is -3.38. The van der Waals surface area contributed by atoms with Crippen molar-refractivity contribution in [2.45, 2.75) is 25.7 Å². The summed E-state index contributed by atoms with van der Waals surface area (Å²) in [6.07, 6.45) is 0. The average Bonchev–Trinajstić information content (AvgIpc) is 2.13. The molecule has 3 nitrogen and oxygen atoms in total. The van der Waals surface area contributed by atoms with E-state index in [1.165, 1.54) is 0 Å². The molecule has 0 bridgehead atoms. The first kappa shape index (κ1) is 12.5. The summed E-state index contributed by atoms with van der Waals surface area (Å²) in [7, 11) is -3.38. The highest BCUT2D eigenvalue weighted by molar-refractivity contribution is 7.89. The number of hydrogen-bond donors (Lipinski definition) is 1. The molecule has 0 unspecified atom stereocenters. The molecule has 0 aromatic heterocycles. The van der Waals surface area contributed by atoms with E-state index in [1.807, 2.05) is 0 Å². The predicted molar refractivity (Wildman–Crippen MR) is 61.8 cm³/mol. The van der Waals surface area contributed by atoms with Crippen molar-refractivity contribution in [3.05, 3.63) is 28.3 Å². The third kappa shape index (κ3) is 2.71. The van der Waals surface area contributed by atoms with Gasteiger partial charge in [-0.25, -0.2) is 13.1 Å². The van der Waals surface area contributed by atoms with Crippen LogP contribution in [0.15, 0.2) is 17.0 Å². The summed E-state index contributed by atoms with van der Waals surface area (Å²) in [4.78, 5) is 0.267. The summed E-state index contributed by atoms with van der Waals surface area (Å²) < 4.78 is 25.8. The summed E-state index contributed by atoms with van der Waals surface area (Å²) in [5, 5.41) is 0.616. The molecule has 0 aliphatic rings. The van der Waals surface area contributed by atoms with Crippen LogP contribution in [0.1, 0.15) is 18.1 Å². The quantitative estimate of drug-likeness (QED) is 0.891. The molecule has 0 spiro atoms. The molecule has 0 saturated carbocycles. The van der Waals surface area contributed by atoms with E-state index in [0.29, 0.717) is 11.6 Å². The lowest BCUT2D eigenvalue weighted by Gasteiger charge is -2.08. The maximum atomic E-state index is 11.7. The summed E-state index contributed by atoms with van der Waals surface area (Å²) in [5.74, 6) is 0. The maximum absolute atomic E-state index is 11.7. The first-order chi connectivity index (χ1) is 6.88. The van der Waals surface area contributed by atoms with Crippen LogP contribution >= 0.6 is 11.6 Å². The Labute approximate surface area is 95.5 Å². The molecule has 0 atom stereocenters. The Hall–Kier alpha value is -0.580. The maximum Gasteiger partial charge on any atom is 0.240 e. The van der Waals surface area contributed by atoms with Crippen molar-refractivity contribution < 1.29 is 8.42 Å². The van der Waals surface area contributed by atoms with Gasteiger partial charge >= 0.3 is 0 Å². The van der Waals surface area contributed by atoms with Crippen LogP contribution in [0.3, 0.4) is 0 Å². The van der Waals surface area contributed by atoms with Gasteiger partial charge in [0.15, 0.2) is 0 Å². The van der Waals surface area contributed by atoms with Gasteiger partial charge in [0.1, 0.15) is 0 Å². The number of rotatable bonds is 3. The molecule has 1 aromatic carbocycles. The first-order valence-corrected chi connectivity index (χ1v) is 6.51. The van der Waals surface area contributed by atoms with Gasteiger partial charge in [0.2, 0.25) is 10.0 Å². The SMILES string of the molecule is CCNS(=O)(=O)c1cc(C)c(Cl)c(C)c1. The summed E-state index contributed by atoms with van der Waals surface area (Å²) in [6.45, 7) is 5.71. The van der Waals surface area contributed by atoms with E-state index in [-0.39, 0.29) is 4.90 Å². The number of aryl methyl sites for hydroxylation is 2. The highest BCUT2D eigenvalue weighted by atomic mass is 35.5. The molecule has 84 valence electrons. The molecule has 0 fully saturated rings. The molecule has 1 rings (SSSR count). The number of benzene rings is 1. The van der Waals surface area contributed by atoms with Gasteiger partial charge in [-0.1, -0.05) is 18.5 Å². The molecule has 5 heteroatoms. The fraction of sp³-hybridized carbons (Fsp3) is 0.400. The summed E-state index contributed by atoms with van der Waals surface area (Å²) in [5.41, 5.74) is 1.54. The molecule has 0 aliphatic heterocycles. The van der Waals surface area contributed by atoms with Crippen molar-refractivity contribution in [2.24, 2.45) is 0 Å². The minimum Gasteiger partial charge on any atom is -0.211 e. The van der Waals surface area contributed by atoms with Crippen molar-refractivity contribution in [3.63, 3.8) is 0 Å². The van der Waals surface area contributed by atoms with Crippen LogP contribution in [0.25, 0.3) is 0 Å². The number of sulfonamides is 1. The largest absolute Gasteiger partial charge is 0.240 e. The molecular formula is C10H14ClNO2S. The van der Waals surface area contributed by atoms with Gasteiger partial charge in [-0.3, -0.25) is 0 Å². The van der Waals surface area contributed by atoms with Crippen molar-refractivity contribution >= 4 is 21.6 Å². The molecule has 0 radical (unpaired) electrons. The zero-order chi connectivity index (χ0) is 11.6. The van der Waals surface area contributed by atoms with E-state index in [1.54, 1.807) is 32.9 Å². The van der Waals surface area contributed by atoms with Gasteiger partial charge in [0, 0.05) is 11.6 Å². The highest BCUT2D eigenvalue weighted by Crippen LogP contribution is 2.23. The lowest BCUT2D eigenvalue weighted by Crippen LogP contribution is -2.23. The number of hydrogen-bond acceptors (Lipinski definition) is 2. The lowest BCUT2D eigenvalue weighted by atomic mass is 10.2. The first-order valence-electron chi connectivity index (χ1n) is 4.65. The van der Waals surface area contributed by atoms with Crippen molar-refractivity contribution in [2.75, 3.05) is 6.54 Å². The van der Waals surface area contributed by atoms with Crippen LogP contribution in [-0.2, 0) is 10.0 Å². The smallest absolute Gasteiger partial charge is 0.211 e. The van der Waals surface area contributed by atoms with Crippen LogP contribution < -0.4 is 4.72 Å². The lowest BCUT2D eigenvalue weighted by molar-refractivity contribution is 0.583. The molecular weight excluding hydrogens is 234 g/mol. The Bertz CT molecular complexity index is 445. The monoisotopic (exact) mass is 247 g/mol. The average molecular weight is 248 g/mol. The molecule has 0 amide bonds.